The Morgan fingerprint density at radius 2 is 1.92 bits per heavy atom. The van der Waals surface area contributed by atoms with Crippen molar-refractivity contribution in [2.75, 3.05) is 13.7 Å². The number of hydrogen-bond acceptors (Lipinski definition) is 3. The second-order valence-corrected chi connectivity index (χ2v) is 6.80. The lowest BCUT2D eigenvalue weighted by Crippen LogP contribution is -2.14. The van der Waals surface area contributed by atoms with Gasteiger partial charge in [0.25, 0.3) is 0 Å². The van der Waals surface area contributed by atoms with Crippen LogP contribution in [0.15, 0.2) is 30.3 Å². The fraction of sp³-hybridized carbons (Fsp3) is 0.400. The summed E-state index contributed by atoms with van der Waals surface area (Å²) in [5, 5.41) is 4.12. The Morgan fingerprint density at radius 3 is 2.62 bits per heavy atom. The average molecular weight is 400 g/mol. The average Bonchev–Trinajstić information content (AvgIpc) is 2.62. The first-order chi connectivity index (χ1) is 12.6. The number of hydrogen-bond donors (Lipinski definition) is 1. The molecule has 0 saturated carbocycles. The van der Waals surface area contributed by atoms with Crippen molar-refractivity contribution in [3.63, 3.8) is 0 Å². The van der Waals surface area contributed by atoms with Crippen LogP contribution in [-0.2, 0) is 13.2 Å². The van der Waals surface area contributed by atoms with Gasteiger partial charge in [0.1, 0.15) is 12.4 Å². The predicted molar refractivity (Wildman–Crippen MR) is 105 cm³/mol. The third-order valence-electron chi connectivity index (χ3n) is 4.00. The molecular formula is C20H24Cl2FNO2. The molecule has 0 atom stereocenters. The number of benzene rings is 2. The Hall–Kier alpha value is -1.49. The summed E-state index contributed by atoms with van der Waals surface area (Å²) in [7, 11) is 1.55. The van der Waals surface area contributed by atoms with E-state index in [1.54, 1.807) is 19.2 Å². The molecule has 0 saturated heterocycles. The van der Waals surface area contributed by atoms with Crippen molar-refractivity contribution in [3.8, 4) is 11.5 Å². The Morgan fingerprint density at radius 1 is 1.12 bits per heavy atom. The van der Waals surface area contributed by atoms with Gasteiger partial charge in [-0.2, -0.15) is 0 Å². The van der Waals surface area contributed by atoms with Crippen LogP contribution in [0.1, 0.15) is 37.3 Å². The van der Waals surface area contributed by atoms with E-state index in [1.807, 2.05) is 12.1 Å². The number of ether oxygens (including phenoxy) is 2. The maximum absolute atomic E-state index is 13.9. The molecule has 0 aliphatic heterocycles. The molecule has 0 bridgehead atoms. The number of nitrogens with one attached hydrogen (secondary N) is 1. The summed E-state index contributed by atoms with van der Waals surface area (Å²) in [4.78, 5) is 0. The fourth-order valence-corrected chi connectivity index (χ4v) is 3.07. The quantitative estimate of drug-likeness (QED) is 0.496. The molecule has 0 spiro atoms. The van der Waals surface area contributed by atoms with Crippen LogP contribution >= 0.6 is 23.2 Å². The lowest BCUT2D eigenvalue weighted by Gasteiger charge is -2.15. The topological polar surface area (TPSA) is 30.5 Å². The first-order valence-electron chi connectivity index (χ1n) is 8.69. The van der Waals surface area contributed by atoms with Crippen LogP contribution in [0, 0.1) is 5.82 Å². The van der Waals surface area contributed by atoms with Crippen LogP contribution in [0.3, 0.4) is 0 Å². The smallest absolute Gasteiger partial charge is 0.180 e. The van der Waals surface area contributed by atoms with Gasteiger partial charge in [0.2, 0.25) is 0 Å². The third kappa shape index (κ3) is 5.76. The van der Waals surface area contributed by atoms with Gasteiger partial charge in [0.05, 0.1) is 17.2 Å². The molecule has 0 fully saturated rings. The van der Waals surface area contributed by atoms with E-state index in [0.717, 1.165) is 18.5 Å². The number of methoxy groups -OCH3 is 1. The SMILES string of the molecule is CCCCCNCc1cc(Cl)c(OCc2c(F)cccc2Cl)c(OC)c1. The molecule has 0 unspecified atom stereocenters. The molecule has 0 aliphatic rings. The van der Waals surface area contributed by atoms with E-state index in [2.05, 4.69) is 12.2 Å². The molecule has 0 aromatic heterocycles. The monoisotopic (exact) mass is 399 g/mol. The van der Waals surface area contributed by atoms with Gasteiger partial charge < -0.3 is 14.8 Å². The minimum Gasteiger partial charge on any atom is -0.493 e. The molecule has 3 nitrogen and oxygen atoms in total. The molecular weight excluding hydrogens is 376 g/mol. The van der Waals surface area contributed by atoms with Gasteiger partial charge in [-0.3, -0.25) is 0 Å². The zero-order valence-corrected chi connectivity index (χ0v) is 16.6. The molecule has 0 aliphatic carbocycles. The van der Waals surface area contributed by atoms with Crippen LogP contribution in [0.2, 0.25) is 10.0 Å². The van der Waals surface area contributed by atoms with Crippen LogP contribution in [-0.4, -0.2) is 13.7 Å². The zero-order valence-electron chi connectivity index (χ0n) is 15.1. The van der Waals surface area contributed by atoms with E-state index in [-0.39, 0.29) is 12.2 Å². The van der Waals surface area contributed by atoms with Crippen molar-refractivity contribution < 1.29 is 13.9 Å². The molecule has 0 amide bonds. The van der Waals surface area contributed by atoms with Crippen molar-refractivity contribution in [1.29, 1.82) is 0 Å². The highest BCUT2D eigenvalue weighted by molar-refractivity contribution is 6.32. The molecule has 2 aromatic rings. The molecule has 2 rings (SSSR count). The van der Waals surface area contributed by atoms with Crippen LogP contribution < -0.4 is 14.8 Å². The van der Waals surface area contributed by atoms with Crippen molar-refractivity contribution in [2.24, 2.45) is 0 Å². The molecule has 26 heavy (non-hydrogen) atoms. The molecule has 142 valence electrons. The molecule has 6 heteroatoms. The van der Waals surface area contributed by atoms with E-state index < -0.39 is 5.82 Å². The minimum atomic E-state index is -0.416. The molecule has 2 aromatic carbocycles. The largest absolute Gasteiger partial charge is 0.493 e. The first-order valence-corrected chi connectivity index (χ1v) is 9.45. The number of unbranched alkanes of at least 4 members (excludes halogenated alkanes) is 2. The summed E-state index contributed by atoms with van der Waals surface area (Å²) in [6.45, 7) is 3.80. The Bertz CT molecular complexity index is 705. The maximum atomic E-state index is 13.9. The van der Waals surface area contributed by atoms with Gasteiger partial charge in [0.15, 0.2) is 11.5 Å². The summed E-state index contributed by atoms with van der Waals surface area (Å²) < 4.78 is 25.0. The second kappa shape index (κ2) is 10.6. The van der Waals surface area contributed by atoms with Gasteiger partial charge in [-0.05, 0) is 42.8 Å². The van der Waals surface area contributed by atoms with Crippen LogP contribution in [0.25, 0.3) is 0 Å². The van der Waals surface area contributed by atoms with Crippen LogP contribution in [0.4, 0.5) is 4.39 Å². The fourth-order valence-electron chi connectivity index (χ4n) is 2.56. The van der Waals surface area contributed by atoms with Gasteiger partial charge in [-0.1, -0.05) is 49.0 Å². The minimum absolute atomic E-state index is 0.0315. The number of rotatable bonds is 10. The van der Waals surface area contributed by atoms with Gasteiger partial charge in [-0.25, -0.2) is 4.39 Å². The van der Waals surface area contributed by atoms with Gasteiger partial charge in [0, 0.05) is 12.1 Å². The predicted octanol–water partition coefficient (Wildman–Crippen LogP) is 6.00. The van der Waals surface area contributed by atoms with Crippen molar-refractivity contribution >= 4 is 23.2 Å². The van der Waals surface area contributed by atoms with E-state index in [1.165, 1.54) is 18.9 Å². The highest BCUT2D eigenvalue weighted by Gasteiger charge is 2.14. The highest BCUT2D eigenvalue weighted by Crippen LogP contribution is 2.37. The first kappa shape index (κ1) is 20.8. The van der Waals surface area contributed by atoms with Crippen LogP contribution in [0.5, 0.6) is 11.5 Å². The van der Waals surface area contributed by atoms with Crippen molar-refractivity contribution in [3.05, 3.63) is 57.3 Å². The lowest BCUT2D eigenvalue weighted by atomic mass is 10.2. The maximum Gasteiger partial charge on any atom is 0.180 e. The summed E-state index contributed by atoms with van der Waals surface area (Å²) in [5.74, 6) is 0.471. The Balaban J connectivity index is 2.06. The number of halogens is 3. The van der Waals surface area contributed by atoms with E-state index in [4.69, 9.17) is 32.7 Å². The van der Waals surface area contributed by atoms with Crippen molar-refractivity contribution in [1.82, 2.24) is 5.32 Å². The summed E-state index contributed by atoms with van der Waals surface area (Å²) in [6, 6.07) is 8.22. The van der Waals surface area contributed by atoms with E-state index in [9.17, 15) is 4.39 Å². The highest BCUT2D eigenvalue weighted by atomic mass is 35.5. The summed E-state index contributed by atoms with van der Waals surface area (Å²) in [5.41, 5.74) is 1.29. The second-order valence-electron chi connectivity index (χ2n) is 5.98. The summed E-state index contributed by atoms with van der Waals surface area (Å²) in [6.07, 6.45) is 3.55. The Labute approximate surface area is 164 Å². The van der Waals surface area contributed by atoms with E-state index in [0.29, 0.717) is 28.1 Å². The molecule has 0 radical (unpaired) electrons. The lowest BCUT2D eigenvalue weighted by molar-refractivity contribution is 0.280. The van der Waals surface area contributed by atoms with Gasteiger partial charge >= 0.3 is 0 Å². The third-order valence-corrected chi connectivity index (χ3v) is 4.63. The van der Waals surface area contributed by atoms with E-state index >= 15 is 0 Å². The van der Waals surface area contributed by atoms with Crippen molar-refractivity contribution in [2.45, 2.75) is 39.3 Å². The standard InChI is InChI=1S/C20H24Cl2FNO2/c1-3-4-5-9-24-12-14-10-17(22)20(19(11-14)25-2)26-13-15-16(21)7-6-8-18(15)23/h6-8,10-11,24H,3-5,9,12-13H2,1-2H3. The normalized spacial score (nSPS) is 10.8. The summed E-state index contributed by atoms with van der Waals surface area (Å²) >= 11 is 12.4. The molecule has 1 N–H and O–H groups in total. The Kier molecular flexibility index (Phi) is 8.49. The van der Waals surface area contributed by atoms with Gasteiger partial charge in [-0.15, -0.1) is 0 Å². The molecule has 0 heterocycles. The zero-order chi connectivity index (χ0) is 18.9.